The number of carbonyl (C=O) groups excluding carboxylic acids is 1. The van der Waals surface area contributed by atoms with E-state index in [1.807, 2.05) is 7.05 Å². The van der Waals surface area contributed by atoms with Gasteiger partial charge in [-0.25, -0.2) is 0 Å². The minimum absolute atomic E-state index is 0.120. The molecule has 180 valence electrons. The summed E-state index contributed by atoms with van der Waals surface area (Å²) in [4.78, 5) is 17.5. The van der Waals surface area contributed by atoms with Crippen LogP contribution in [0.3, 0.4) is 0 Å². The number of hydrogen-bond acceptors (Lipinski definition) is 5. The molecule has 0 spiro atoms. The first-order chi connectivity index (χ1) is 16.3. The molecular weight excluding hydrogens is 446 g/mol. The first-order valence-electron chi connectivity index (χ1n) is 11.4. The Morgan fingerprint density at radius 1 is 0.706 bits per heavy atom. The molecule has 0 aliphatic rings. The van der Waals surface area contributed by atoms with Crippen LogP contribution >= 0.6 is 11.6 Å². The third kappa shape index (κ3) is 6.45. The second-order valence-electron chi connectivity index (χ2n) is 8.77. The minimum Gasteiger partial charge on any atom is -0.463 e. The van der Waals surface area contributed by atoms with Crippen LogP contribution in [0.4, 0.5) is 17.1 Å². The van der Waals surface area contributed by atoms with Gasteiger partial charge in [-0.15, -0.1) is 11.6 Å². The molecule has 0 amide bonds. The summed E-state index contributed by atoms with van der Waals surface area (Å²) < 4.78 is 5.09. The summed E-state index contributed by atoms with van der Waals surface area (Å²) in [5.41, 5.74) is 7.14. The van der Waals surface area contributed by atoms with Crippen LogP contribution in [-0.2, 0) is 9.53 Å². The van der Waals surface area contributed by atoms with Crippen LogP contribution in [-0.4, -0.2) is 60.2 Å². The highest BCUT2D eigenvalue weighted by molar-refractivity contribution is 6.26. The molecule has 0 fully saturated rings. The van der Waals surface area contributed by atoms with Gasteiger partial charge in [0, 0.05) is 58.2 Å². The van der Waals surface area contributed by atoms with E-state index in [1.165, 1.54) is 28.1 Å². The summed E-state index contributed by atoms with van der Waals surface area (Å²) in [6, 6.07) is 26.1. The summed E-state index contributed by atoms with van der Waals surface area (Å²) in [6.45, 7) is 0.909. The Bertz CT molecular complexity index is 997. The van der Waals surface area contributed by atoms with Crippen molar-refractivity contribution in [1.82, 2.24) is 0 Å². The van der Waals surface area contributed by atoms with Gasteiger partial charge in [-0.2, -0.15) is 0 Å². The van der Waals surface area contributed by atoms with E-state index in [9.17, 15) is 4.79 Å². The molecule has 0 N–H and O–H groups in total. The number of alkyl halides is 1. The topological polar surface area (TPSA) is 36.0 Å². The molecule has 3 aromatic carbocycles. The van der Waals surface area contributed by atoms with Crippen molar-refractivity contribution in [2.45, 2.75) is 5.92 Å². The molecule has 0 aliphatic heterocycles. The predicted octanol–water partition coefficient (Wildman–Crippen LogP) is 5.22. The number of ether oxygens (including phenoxy) is 1. The number of anilines is 3. The average molecular weight is 480 g/mol. The third-order valence-electron chi connectivity index (χ3n) is 5.95. The van der Waals surface area contributed by atoms with E-state index in [2.05, 4.69) is 116 Å². The van der Waals surface area contributed by atoms with Crippen LogP contribution in [0.2, 0.25) is 0 Å². The summed E-state index contributed by atoms with van der Waals surface area (Å²) >= 11 is 5.49. The van der Waals surface area contributed by atoms with Gasteiger partial charge in [0.2, 0.25) is 0 Å². The van der Waals surface area contributed by atoms with Crippen molar-refractivity contribution in [2.24, 2.45) is 0 Å². The summed E-state index contributed by atoms with van der Waals surface area (Å²) in [6.07, 6.45) is 0. The number of carbonyl (C=O) groups is 1. The van der Waals surface area contributed by atoms with Crippen molar-refractivity contribution >= 4 is 34.6 Å². The first kappa shape index (κ1) is 25.4. The fraction of sp³-hybridized carbons (Fsp3) is 0.321. The molecular formula is C28H34ClN3O2. The maximum absolute atomic E-state index is 11.3. The molecule has 0 saturated carbocycles. The van der Waals surface area contributed by atoms with Gasteiger partial charge >= 0.3 is 5.97 Å². The van der Waals surface area contributed by atoms with Crippen molar-refractivity contribution in [3.63, 3.8) is 0 Å². The van der Waals surface area contributed by atoms with E-state index in [4.69, 9.17) is 16.3 Å². The molecule has 3 rings (SSSR count). The number of esters is 1. The van der Waals surface area contributed by atoms with Crippen molar-refractivity contribution < 1.29 is 9.53 Å². The average Bonchev–Trinajstić information content (AvgIpc) is 2.85. The van der Waals surface area contributed by atoms with Gasteiger partial charge in [-0.05, 0) is 53.1 Å². The lowest BCUT2D eigenvalue weighted by atomic mass is 9.85. The van der Waals surface area contributed by atoms with Gasteiger partial charge < -0.3 is 19.4 Å². The number of benzene rings is 3. The van der Waals surface area contributed by atoms with E-state index in [0.29, 0.717) is 13.2 Å². The normalized spacial score (nSPS) is 10.8. The Hall–Kier alpha value is -3.18. The lowest BCUT2D eigenvalue weighted by molar-refractivity contribution is -0.140. The molecule has 6 heteroatoms. The number of rotatable bonds is 10. The Morgan fingerprint density at radius 3 is 1.44 bits per heavy atom. The molecule has 5 nitrogen and oxygen atoms in total. The fourth-order valence-electron chi connectivity index (χ4n) is 3.89. The Kier molecular flexibility index (Phi) is 8.83. The highest BCUT2D eigenvalue weighted by Crippen LogP contribution is 2.34. The zero-order valence-electron chi connectivity index (χ0n) is 20.7. The van der Waals surface area contributed by atoms with E-state index in [1.54, 1.807) is 0 Å². The lowest BCUT2D eigenvalue weighted by Crippen LogP contribution is -2.24. The quantitative estimate of drug-likeness (QED) is 0.226. The second-order valence-corrected chi connectivity index (χ2v) is 9.04. The van der Waals surface area contributed by atoms with E-state index in [-0.39, 0.29) is 11.8 Å². The predicted molar refractivity (Wildman–Crippen MR) is 144 cm³/mol. The van der Waals surface area contributed by atoms with Gasteiger partial charge in [-0.1, -0.05) is 36.4 Å². The highest BCUT2D eigenvalue weighted by Gasteiger charge is 2.18. The Morgan fingerprint density at radius 2 is 1.09 bits per heavy atom. The van der Waals surface area contributed by atoms with Crippen molar-refractivity contribution in [3.8, 4) is 0 Å². The minimum atomic E-state index is -0.395. The van der Waals surface area contributed by atoms with Crippen LogP contribution in [0.25, 0.3) is 0 Å². The maximum Gasteiger partial charge on any atom is 0.320 e. The van der Waals surface area contributed by atoms with E-state index >= 15 is 0 Å². The standard InChI is InChI=1S/C28H34ClN3O2/c1-30(2)24-12-6-21(7-13-24)28(22-8-14-25(15-9-22)31(3)4)23-10-16-26(17-11-23)32(5)18-19-34-27(33)20-29/h6-17,28H,18-20H2,1-5H3. The van der Waals surface area contributed by atoms with Crippen LogP contribution in [0.5, 0.6) is 0 Å². The van der Waals surface area contributed by atoms with Gasteiger partial charge in [-0.3, -0.25) is 4.79 Å². The highest BCUT2D eigenvalue weighted by atomic mass is 35.5. The number of nitrogens with zero attached hydrogens (tertiary/aromatic N) is 3. The zero-order chi connectivity index (χ0) is 24.7. The molecule has 0 heterocycles. The fourth-order valence-corrected chi connectivity index (χ4v) is 3.97. The maximum atomic E-state index is 11.3. The lowest BCUT2D eigenvalue weighted by Gasteiger charge is -2.23. The number of likely N-dealkylation sites (N-methyl/N-ethyl adjacent to an activating group) is 1. The molecule has 0 atom stereocenters. The van der Waals surface area contributed by atoms with Crippen LogP contribution in [0.1, 0.15) is 22.6 Å². The van der Waals surface area contributed by atoms with Crippen molar-refractivity contribution in [3.05, 3.63) is 89.5 Å². The third-order valence-corrected chi connectivity index (χ3v) is 6.17. The monoisotopic (exact) mass is 479 g/mol. The van der Waals surface area contributed by atoms with Gasteiger partial charge in [0.1, 0.15) is 12.5 Å². The SMILES string of the molecule is CN(C)c1ccc(C(c2ccc(N(C)C)cc2)c2ccc(N(C)CCOC(=O)CCl)cc2)cc1. The summed E-state index contributed by atoms with van der Waals surface area (Å²) in [5.74, 6) is -0.393. The van der Waals surface area contributed by atoms with Crippen molar-refractivity contribution in [1.29, 1.82) is 0 Å². The first-order valence-corrected chi connectivity index (χ1v) is 11.9. The van der Waals surface area contributed by atoms with E-state index < -0.39 is 5.97 Å². The molecule has 0 bridgehead atoms. The smallest absolute Gasteiger partial charge is 0.320 e. The number of hydrogen-bond donors (Lipinski definition) is 0. The largest absolute Gasteiger partial charge is 0.463 e. The van der Waals surface area contributed by atoms with E-state index in [0.717, 1.165) is 5.69 Å². The molecule has 34 heavy (non-hydrogen) atoms. The molecule has 0 unspecified atom stereocenters. The van der Waals surface area contributed by atoms with Crippen LogP contribution in [0.15, 0.2) is 72.8 Å². The van der Waals surface area contributed by atoms with Gasteiger partial charge in [0.15, 0.2) is 0 Å². The van der Waals surface area contributed by atoms with Crippen LogP contribution in [0, 0.1) is 0 Å². The summed E-state index contributed by atoms with van der Waals surface area (Å²) in [7, 11) is 10.2. The molecule has 0 aromatic heterocycles. The van der Waals surface area contributed by atoms with Gasteiger partial charge in [0.25, 0.3) is 0 Å². The van der Waals surface area contributed by atoms with Gasteiger partial charge in [0.05, 0.1) is 6.54 Å². The number of halogens is 1. The molecule has 0 saturated heterocycles. The second kappa shape index (κ2) is 11.8. The molecule has 0 aliphatic carbocycles. The Labute approximate surface area is 208 Å². The zero-order valence-corrected chi connectivity index (χ0v) is 21.4. The summed E-state index contributed by atoms with van der Waals surface area (Å²) in [5, 5.41) is 0. The molecule has 3 aromatic rings. The van der Waals surface area contributed by atoms with Crippen LogP contribution < -0.4 is 14.7 Å². The Balaban J connectivity index is 1.87. The molecule has 0 radical (unpaired) electrons. The van der Waals surface area contributed by atoms with Crippen molar-refractivity contribution in [2.75, 3.05) is 69.0 Å².